The standard InChI is InChI=1S/C13H13N3O2/c1-16-8-4-5-11(9-16)18-13-7-3-2-6-12(13)15-14-10-17/h2-10,15H,1H3/p+1. The number of pyridine rings is 1. The van der Waals surface area contributed by atoms with E-state index in [-0.39, 0.29) is 0 Å². The molecule has 0 saturated carbocycles. The molecule has 2 aromatic rings. The fraction of sp³-hybridized carbons (Fsp3) is 0.0769. The van der Waals surface area contributed by atoms with Gasteiger partial charge in [0.25, 0.3) is 0 Å². The number of amides is 1. The van der Waals surface area contributed by atoms with Crippen LogP contribution >= 0.6 is 0 Å². The molecule has 0 bridgehead atoms. The molecule has 1 aromatic carbocycles. The largest absolute Gasteiger partial charge is 0.449 e. The summed E-state index contributed by atoms with van der Waals surface area (Å²) in [5.74, 6) is 1.36. The summed E-state index contributed by atoms with van der Waals surface area (Å²) in [6.07, 6.45) is 4.36. The Bertz CT molecular complexity index is 543. The van der Waals surface area contributed by atoms with Gasteiger partial charge in [0.15, 0.2) is 17.7 Å². The Balaban J connectivity index is 2.20. The topological polar surface area (TPSA) is 54.2 Å². The van der Waals surface area contributed by atoms with Gasteiger partial charge in [-0.2, -0.15) is 0 Å². The van der Waals surface area contributed by atoms with E-state index in [9.17, 15) is 4.79 Å². The number of hydrogen-bond donors (Lipinski definition) is 2. The van der Waals surface area contributed by atoms with Gasteiger partial charge in [-0.3, -0.25) is 15.6 Å². The number of carbonyl (C=O) groups excluding carboxylic acids is 1. The fourth-order valence-corrected chi connectivity index (χ4v) is 1.51. The molecule has 5 heteroatoms. The van der Waals surface area contributed by atoms with Gasteiger partial charge in [0.05, 0.1) is 5.69 Å². The fourth-order valence-electron chi connectivity index (χ4n) is 1.51. The van der Waals surface area contributed by atoms with Crippen molar-refractivity contribution in [1.29, 1.82) is 0 Å². The molecule has 0 unspecified atom stereocenters. The Hall–Kier alpha value is -2.56. The summed E-state index contributed by atoms with van der Waals surface area (Å²) >= 11 is 0. The lowest BCUT2D eigenvalue weighted by Gasteiger charge is -2.10. The Morgan fingerprint density at radius 3 is 2.83 bits per heavy atom. The third-order valence-corrected chi connectivity index (χ3v) is 2.29. The molecule has 5 nitrogen and oxygen atoms in total. The van der Waals surface area contributed by atoms with Crippen molar-refractivity contribution in [3.05, 3.63) is 48.8 Å². The van der Waals surface area contributed by atoms with Crippen LogP contribution in [0, 0.1) is 0 Å². The maximum absolute atomic E-state index is 10.3. The minimum atomic E-state index is 0.569. The maximum Gasteiger partial charge on any atom is 0.225 e. The van der Waals surface area contributed by atoms with Crippen molar-refractivity contribution in [2.75, 3.05) is 5.43 Å². The lowest BCUT2D eigenvalue weighted by Crippen LogP contribution is -2.26. The van der Waals surface area contributed by atoms with Crippen LogP contribution in [-0.2, 0) is 11.8 Å². The van der Waals surface area contributed by atoms with E-state index in [2.05, 4.69) is 10.9 Å². The lowest BCUT2D eigenvalue weighted by atomic mass is 10.3. The van der Waals surface area contributed by atoms with Crippen LogP contribution < -0.4 is 20.2 Å². The quantitative estimate of drug-likeness (QED) is 0.474. The smallest absolute Gasteiger partial charge is 0.225 e. The molecule has 1 heterocycles. The highest BCUT2D eigenvalue weighted by Crippen LogP contribution is 2.27. The Morgan fingerprint density at radius 2 is 2.06 bits per heavy atom. The first kappa shape index (κ1) is 11.9. The average molecular weight is 244 g/mol. The monoisotopic (exact) mass is 244 g/mol. The molecule has 2 rings (SSSR count). The number of aromatic nitrogens is 1. The SMILES string of the molecule is C[n+]1cccc(Oc2ccccc2NNC=O)c1. The van der Waals surface area contributed by atoms with Gasteiger partial charge in [-0.05, 0) is 18.2 Å². The van der Waals surface area contributed by atoms with Gasteiger partial charge in [-0.15, -0.1) is 0 Å². The van der Waals surface area contributed by atoms with Crippen molar-refractivity contribution >= 4 is 12.1 Å². The zero-order valence-corrected chi connectivity index (χ0v) is 9.96. The zero-order chi connectivity index (χ0) is 12.8. The molecule has 1 amide bonds. The second-order valence-electron chi connectivity index (χ2n) is 3.69. The summed E-state index contributed by atoms with van der Waals surface area (Å²) in [5.41, 5.74) is 5.83. The van der Waals surface area contributed by atoms with E-state index in [1.54, 1.807) is 0 Å². The van der Waals surface area contributed by atoms with Gasteiger partial charge in [0.1, 0.15) is 7.05 Å². The number of rotatable bonds is 5. The van der Waals surface area contributed by atoms with E-state index in [0.29, 0.717) is 17.8 Å². The van der Waals surface area contributed by atoms with Crippen LogP contribution in [0.5, 0.6) is 11.5 Å². The molecule has 1 aromatic heterocycles. The number of carbonyl (C=O) groups is 1. The van der Waals surface area contributed by atoms with Crippen molar-refractivity contribution in [3.8, 4) is 11.5 Å². The van der Waals surface area contributed by atoms with Gasteiger partial charge in [0.2, 0.25) is 12.6 Å². The number of ether oxygens (including phenoxy) is 1. The highest BCUT2D eigenvalue weighted by Gasteiger charge is 2.05. The number of benzene rings is 1. The average Bonchev–Trinajstić information content (AvgIpc) is 2.38. The summed E-state index contributed by atoms with van der Waals surface area (Å²) in [6.45, 7) is 0. The third-order valence-electron chi connectivity index (χ3n) is 2.29. The Kier molecular flexibility index (Phi) is 3.76. The van der Waals surface area contributed by atoms with Crippen molar-refractivity contribution < 1.29 is 14.1 Å². The first-order chi connectivity index (χ1) is 8.79. The summed E-state index contributed by atoms with van der Waals surface area (Å²) in [6, 6.07) is 11.1. The zero-order valence-electron chi connectivity index (χ0n) is 9.96. The molecule has 18 heavy (non-hydrogen) atoms. The molecular formula is C13H14N3O2+. The van der Waals surface area contributed by atoms with Gasteiger partial charge in [-0.25, -0.2) is 4.57 Å². The molecular weight excluding hydrogens is 230 g/mol. The predicted octanol–water partition coefficient (Wildman–Crippen LogP) is 1.38. The molecule has 2 N–H and O–H groups in total. The lowest BCUT2D eigenvalue weighted by molar-refractivity contribution is -0.671. The maximum atomic E-state index is 10.3. The minimum Gasteiger partial charge on any atom is -0.449 e. The van der Waals surface area contributed by atoms with Crippen molar-refractivity contribution in [1.82, 2.24) is 5.43 Å². The summed E-state index contributed by atoms with van der Waals surface area (Å²) in [4.78, 5) is 10.3. The number of aryl methyl sites for hydroxylation is 1. The van der Waals surface area contributed by atoms with Crippen molar-refractivity contribution in [2.24, 2.45) is 7.05 Å². The van der Waals surface area contributed by atoms with Gasteiger partial charge < -0.3 is 4.74 Å². The van der Waals surface area contributed by atoms with Crippen LogP contribution in [-0.4, -0.2) is 6.41 Å². The van der Waals surface area contributed by atoms with Crippen LogP contribution in [0.15, 0.2) is 48.8 Å². The molecule has 0 spiro atoms. The van der Waals surface area contributed by atoms with Crippen LogP contribution in [0.2, 0.25) is 0 Å². The molecule has 0 saturated heterocycles. The number of anilines is 1. The van der Waals surface area contributed by atoms with Crippen molar-refractivity contribution in [2.45, 2.75) is 0 Å². The Morgan fingerprint density at radius 1 is 1.22 bits per heavy atom. The number of hydrazine groups is 1. The number of nitrogens with zero attached hydrogens (tertiary/aromatic N) is 1. The molecule has 0 radical (unpaired) electrons. The van der Waals surface area contributed by atoms with Crippen LogP contribution in [0.25, 0.3) is 0 Å². The van der Waals surface area contributed by atoms with E-state index in [1.165, 1.54) is 0 Å². The predicted molar refractivity (Wildman–Crippen MR) is 67.0 cm³/mol. The van der Waals surface area contributed by atoms with E-state index in [1.807, 2.05) is 60.4 Å². The van der Waals surface area contributed by atoms with E-state index in [0.717, 1.165) is 5.75 Å². The number of nitrogens with one attached hydrogen (secondary N) is 2. The molecule has 0 fully saturated rings. The Labute approximate surface area is 105 Å². The molecule has 92 valence electrons. The first-order valence-electron chi connectivity index (χ1n) is 5.47. The molecule has 0 aliphatic heterocycles. The highest BCUT2D eigenvalue weighted by atomic mass is 16.5. The highest BCUT2D eigenvalue weighted by molar-refractivity contribution is 5.60. The molecule has 0 aliphatic carbocycles. The molecule has 0 aliphatic rings. The third kappa shape index (κ3) is 2.98. The summed E-state index contributed by atoms with van der Waals surface area (Å²) in [7, 11) is 1.92. The summed E-state index contributed by atoms with van der Waals surface area (Å²) in [5, 5.41) is 0. The van der Waals surface area contributed by atoms with Gasteiger partial charge >= 0.3 is 0 Å². The number of para-hydroxylation sites is 2. The van der Waals surface area contributed by atoms with E-state index in [4.69, 9.17) is 4.74 Å². The van der Waals surface area contributed by atoms with Crippen molar-refractivity contribution in [3.63, 3.8) is 0 Å². The van der Waals surface area contributed by atoms with E-state index < -0.39 is 0 Å². The second kappa shape index (κ2) is 5.67. The van der Waals surface area contributed by atoms with Gasteiger partial charge in [0, 0.05) is 6.07 Å². The van der Waals surface area contributed by atoms with Crippen LogP contribution in [0.1, 0.15) is 0 Å². The number of hydrogen-bond acceptors (Lipinski definition) is 3. The molecule has 0 atom stereocenters. The normalized spacial score (nSPS) is 9.61. The summed E-state index contributed by atoms with van der Waals surface area (Å²) < 4.78 is 7.65. The minimum absolute atomic E-state index is 0.569. The van der Waals surface area contributed by atoms with Gasteiger partial charge in [-0.1, -0.05) is 12.1 Å². The van der Waals surface area contributed by atoms with Crippen LogP contribution in [0.4, 0.5) is 5.69 Å². The van der Waals surface area contributed by atoms with E-state index >= 15 is 0 Å². The van der Waals surface area contributed by atoms with Crippen LogP contribution in [0.3, 0.4) is 0 Å². The first-order valence-corrected chi connectivity index (χ1v) is 5.47. The second-order valence-corrected chi connectivity index (χ2v) is 3.69.